The maximum Gasteiger partial charge on any atom is 0.254 e. The Bertz CT molecular complexity index is 800. The number of aromatic nitrogens is 2. The van der Waals surface area contributed by atoms with Crippen LogP contribution in [-0.4, -0.2) is 34.9 Å². The maximum absolute atomic E-state index is 12.6. The predicted octanol–water partition coefficient (Wildman–Crippen LogP) is 3.55. The molecule has 0 saturated carbocycles. The van der Waals surface area contributed by atoms with Crippen molar-refractivity contribution >= 4 is 17.5 Å². The Morgan fingerprint density at radius 1 is 1.52 bits per heavy atom. The fraction of sp³-hybridized carbons (Fsp3) is 0.368. The molecule has 2 heterocycles. The molecule has 2 atom stereocenters. The average molecular weight is 360 g/mol. The predicted molar refractivity (Wildman–Crippen MR) is 98.3 cm³/mol. The Kier molecular flexibility index (Phi) is 5.25. The summed E-state index contributed by atoms with van der Waals surface area (Å²) in [5.74, 6) is 0.142. The minimum atomic E-state index is -0.127. The van der Waals surface area contributed by atoms with E-state index in [9.17, 15) is 4.79 Å². The van der Waals surface area contributed by atoms with Crippen molar-refractivity contribution in [2.75, 3.05) is 13.2 Å². The third-order valence-electron chi connectivity index (χ3n) is 4.53. The van der Waals surface area contributed by atoms with Crippen molar-refractivity contribution < 1.29 is 9.53 Å². The van der Waals surface area contributed by atoms with E-state index in [0.29, 0.717) is 23.7 Å². The number of carbonyl (C=O) groups excluding carboxylic acids is 1. The standard InChI is InChI=1S/C19H22ClN3O2/c1-12(2)18-14(7-8-25-18)10-21-19(24)17-11-22-23(13(17)3)16-6-4-5-15(20)9-16/h4-6,9,11,14,18H,1,7-8,10H2,2-3H3,(H,21,24)/t14-,18-/m0/s1. The van der Waals surface area contributed by atoms with Crippen LogP contribution in [0.2, 0.25) is 5.02 Å². The summed E-state index contributed by atoms with van der Waals surface area (Å²) >= 11 is 6.04. The van der Waals surface area contributed by atoms with E-state index in [0.717, 1.165) is 23.4 Å². The van der Waals surface area contributed by atoms with Gasteiger partial charge in [-0.25, -0.2) is 4.68 Å². The first kappa shape index (κ1) is 17.7. The van der Waals surface area contributed by atoms with E-state index in [-0.39, 0.29) is 17.9 Å². The molecule has 2 aromatic rings. The minimum Gasteiger partial charge on any atom is -0.374 e. The van der Waals surface area contributed by atoms with Crippen molar-refractivity contribution in [1.82, 2.24) is 15.1 Å². The van der Waals surface area contributed by atoms with Gasteiger partial charge in [-0.05, 0) is 38.5 Å². The normalized spacial score (nSPS) is 19.8. The lowest BCUT2D eigenvalue weighted by Gasteiger charge is -2.18. The second-order valence-corrected chi connectivity index (χ2v) is 6.87. The number of ether oxygens (including phenoxy) is 1. The third-order valence-corrected chi connectivity index (χ3v) is 4.77. The second-order valence-electron chi connectivity index (χ2n) is 6.43. The molecule has 6 heteroatoms. The van der Waals surface area contributed by atoms with Gasteiger partial charge in [0.25, 0.3) is 5.91 Å². The summed E-state index contributed by atoms with van der Waals surface area (Å²) in [6.07, 6.45) is 2.54. The molecule has 0 radical (unpaired) electrons. The highest BCUT2D eigenvalue weighted by Crippen LogP contribution is 2.25. The first-order valence-corrected chi connectivity index (χ1v) is 8.71. The first-order chi connectivity index (χ1) is 12.0. The Morgan fingerprint density at radius 2 is 2.32 bits per heavy atom. The molecule has 0 unspecified atom stereocenters. The topological polar surface area (TPSA) is 56.1 Å². The van der Waals surface area contributed by atoms with Crippen LogP contribution in [-0.2, 0) is 4.74 Å². The van der Waals surface area contributed by atoms with Crippen LogP contribution in [0.5, 0.6) is 0 Å². The van der Waals surface area contributed by atoms with Crippen molar-refractivity contribution in [3.05, 3.63) is 58.9 Å². The number of nitrogens with zero attached hydrogens (tertiary/aromatic N) is 2. The lowest BCUT2D eigenvalue weighted by molar-refractivity contribution is 0.0925. The number of benzene rings is 1. The largest absolute Gasteiger partial charge is 0.374 e. The molecule has 0 spiro atoms. The highest BCUT2D eigenvalue weighted by Gasteiger charge is 2.29. The number of rotatable bonds is 5. The van der Waals surface area contributed by atoms with Gasteiger partial charge in [-0.2, -0.15) is 5.10 Å². The van der Waals surface area contributed by atoms with Gasteiger partial charge in [0.2, 0.25) is 0 Å². The maximum atomic E-state index is 12.6. The molecule has 1 aliphatic rings. The highest BCUT2D eigenvalue weighted by molar-refractivity contribution is 6.30. The molecular weight excluding hydrogens is 338 g/mol. The van der Waals surface area contributed by atoms with Gasteiger partial charge in [0.1, 0.15) is 0 Å². The Labute approximate surface area is 152 Å². The summed E-state index contributed by atoms with van der Waals surface area (Å²) in [7, 11) is 0. The molecule has 1 N–H and O–H groups in total. The highest BCUT2D eigenvalue weighted by atomic mass is 35.5. The number of nitrogens with one attached hydrogen (secondary N) is 1. The van der Waals surface area contributed by atoms with Crippen molar-refractivity contribution in [3.8, 4) is 5.69 Å². The van der Waals surface area contributed by atoms with Crippen LogP contribution in [0, 0.1) is 12.8 Å². The Hall–Kier alpha value is -2.11. The summed E-state index contributed by atoms with van der Waals surface area (Å²) in [5, 5.41) is 7.96. The van der Waals surface area contributed by atoms with Crippen molar-refractivity contribution in [3.63, 3.8) is 0 Å². The molecule has 1 aromatic heterocycles. The van der Waals surface area contributed by atoms with Gasteiger partial charge in [-0.15, -0.1) is 0 Å². The molecule has 25 heavy (non-hydrogen) atoms. The summed E-state index contributed by atoms with van der Waals surface area (Å²) in [6.45, 7) is 9.08. The summed E-state index contributed by atoms with van der Waals surface area (Å²) in [5.41, 5.74) is 3.17. The number of hydrogen-bond acceptors (Lipinski definition) is 3. The van der Waals surface area contributed by atoms with E-state index in [1.165, 1.54) is 0 Å². The lowest BCUT2D eigenvalue weighted by Crippen LogP contribution is -2.33. The zero-order valence-corrected chi connectivity index (χ0v) is 15.2. The van der Waals surface area contributed by atoms with Crippen LogP contribution in [0.1, 0.15) is 29.4 Å². The molecule has 132 valence electrons. The number of halogens is 1. The van der Waals surface area contributed by atoms with E-state index in [2.05, 4.69) is 17.0 Å². The minimum absolute atomic E-state index is 0.0237. The first-order valence-electron chi connectivity index (χ1n) is 8.33. The molecule has 1 aromatic carbocycles. The average Bonchev–Trinajstić information content (AvgIpc) is 3.19. The smallest absolute Gasteiger partial charge is 0.254 e. The Balaban J connectivity index is 1.70. The van der Waals surface area contributed by atoms with Gasteiger partial charge in [0.15, 0.2) is 0 Å². The van der Waals surface area contributed by atoms with E-state index in [1.54, 1.807) is 16.9 Å². The van der Waals surface area contributed by atoms with Crippen molar-refractivity contribution in [2.45, 2.75) is 26.4 Å². The molecule has 1 amide bonds. The second kappa shape index (κ2) is 7.42. The van der Waals surface area contributed by atoms with E-state index >= 15 is 0 Å². The van der Waals surface area contributed by atoms with Crippen molar-refractivity contribution in [2.24, 2.45) is 5.92 Å². The Morgan fingerprint density at radius 3 is 3.04 bits per heavy atom. The van der Waals surface area contributed by atoms with Gasteiger partial charge in [-0.1, -0.05) is 29.8 Å². The van der Waals surface area contributed by atoms with E-state index < -0.39 is 0 Å². The lowest BCUT2D eigenvalue weighted by atomic mass is 9.97. The van der Waals surface area contributed by atoms with Gasteiger partial charge in [0, 0.05) is 24.1 Å². The van der Waals surface area contributed by atoms with Gasteiger partial charge in [-0.3, -0.25) is 4.79 Å². The third kappa shape index (κ3) is 3.78. The summed E-state index contributed by atoms with van der Waals surface area (Å²) in [4.78, 5) is 12.6. The fourth-order valence-corrected chi connectivity index (χ4v) is 3.39. The number of carbonyl (C=O) groups is 1. The van der Waals surface area contributed by atoms with Gasteiger partial charge < -0.3 is 10.1 Å². The monoisotopic (exact) mass is 359 g/mol. The zero-order chi connectivity index (χ0) is 18.0. The molecule has 0 bridgehead atoms. The van der Waals surface area contributed by atoms with Crippen LogP contribution >= 0.6 is 11.6 Å². The quantitative estimate of drug-likeness (QED) is 0.831. The fourth-order valence-electron chi connectivity index (χ4n) is 3.21. The van der Waals surface area contributed by atoms with Gasteiger partial charge >= 0.3 is 0 Å². The molecule has 1 saturated heterocycles. The van der Waals surface area contributed by atoms with E-state index in [1.807, 2.05) is 32.0 Å². The zero-order valence-electron chi connectivity index (χ0n) is 14.5. The van der Waals surface area contributed by atoms with Crippen LogP contribution in [0.4, 0.5) is 0 Å². The van der Waals surface area contributed by atoms with Crippen LogP contribution < -0.4 is 5.32 Å². The molecule has 1 aliphatic heterocycles. The number of hydrogen-bond donors (Lipinski definition) is 1. The molecular formula is C19H22ClN3O2. The number of amides is 1. The van der Waals surface area contributed by atoms with Crippen LogP contribution in [0.25, 0.3) is 5.69 Å². The van der Waals surface area contributed by atoms with Crippen LogP contribution in [0.3, 0.4) is 0 Å². The van der Waals surface area contributed by atoms with E-state index in [4.69, 9.17) is 16.3 Å². The van der Waals surface area contributed by atoms with Gasteiger partial charge in [0.05, 0.1) is 29.2 Å². The SMILES string of the molecule is C=C(C)[C@@H]1OCC[C@H]1CNC(=O)c1cnn(-c2cccc(Cl)c2)c1C. The van der Waals surface area contributed by atoms with Crippen molar-refractivity contribution in [1.29, 1.82) is 0 Å². The van der Waals surface area contributed by atoms with Crippen LogP contribution in [0.15, 0.2) is 42.6 Å². The molecule has 3 rings (SSSR count). The summed E-state index contributed by atoms with van der Waals surface area (Å²) < 4.78 is 7.40. The molecule has 0 aliphatic carbocycles. The molecule has 5 nitrogen and oxygen atoms in total. The molecule has 1 fully saturated rings. The summed E-state index contributed by atoms with van der Waals surface area (Å²) in [6, 6.07) is 7.38.